The summed E-state index contributed by atoms with van der Waals surface area (Å²) in [4.78, 5) is 39.5. The number of aromatic nitrogens is 2. The molecule has 5 N–H and O–H groups in total. The van der Waals surface area contributed by atoms with Crippen LogP contribution in [0.3, 0.4) is 0 Å². The minimum absolute atomic E-state index is 0.223. The number of hydrogen-bond donors (Lipinski definition) is 4. The predicted molar refractivity (Wildman–Crippen MR) is 106 cm³/mol. The molecule has 0 radical (unpaired) electrons. The van der Waals surface area contributed by atoms with Crippen molar-refractivity contribution in [3.05, 3.63) is 60.3 Å². The molecule has 0 aliphatic heterocycles. The van der Waals surface area contributed by atoms with Gasteiger partial charge in [0, 0.05) is 6.04 Å². The van der Waals surface area contributed by atoms with Crippen molar-refractivity contribution < 1.29 is 4.79 Å². The van der Waals surface area contributed by atoms with E-state index in [9.17, 15) is 19.6 Å². The fourth-order valence-electron chi connectivity index (χ4n) is 3.45. The van der Waals surface area contributed by atoms with Crippen LogP contribution in [0.15, 0.2) is 27.8 Å². The number of nitrogens with one attached hydrogen (secondary N) is 3. The maximum Gasteiger partial charge on any atom is 0.326 e. The van der Waals surface area contributed by atoms with E-state index in [-0.39, 0.29) is 17.4 Å². The number of nitrogens with two attached hydrogens (primary N) is 1. The van der Waals surface area contributed by atoms with E-state index in [1.165, 1.54) is 0 Å². The summed E-state index contributed by atoms with van der Waals surface area (Å²) in [6, 6.07) is 7.32. The molecule has 3 rings (SSSR count). The molecule has 1 aliphatic carbocycles. The Hall–Kier alpha value is -2.76. The molecule has 1 fully saturated rings. The molecule has 0 bridgehead atoms. The van der Waals surface area contributed by atoms with Crippen molar-refractivity contribution in [2.45, 2.75) is 37.1 Å². The summed E-state index contributed by atoms with van der Waals surface area (Å²) >= 11 is 12.0. The number of nitrogens with zero attached hydrogens (tertiary/aromatic N) is 1. The lowest BCUT2D eigenvalue weighted by Crippen LogP contribution is -2.43. The summed E-state index contributed by atoms with van der Waals surface area (Å²) < 4.78 is 0. The SMILES string of the molecule is N#CC1(c2ccc(Cl)c(Cl)c2)CCC(NC(=O)c2[nH]c(=O)[nH]c(=O)c2N)CC1. The van der Waals surface area contributed by atoms with Gasteiger partial charge in [-0.2, -0.15) is 5.26 Å². The monoisotopic (exact) mass is 421 g/mol. The zero-order chi connectivity index (χ0) is 20.5. The number of anilines is 1. The molecule has 1 saturated carbocycles. The van der Waals surface area contributed by atoms with Crippen molar-refractivity contribution in [2.75, 3.05) is 5.73 Å². The van der Waals surface area contributed by atoms with E-state index < -0.39 is 22.6 Å². The molecule has 1 heterocycles. The maximum absolute atomic E-state index is 12.4. The first-order valence-corrected chi connectivity index (χ1v) is 9.31. The Labute approximate surface area is 169 Å². The van der Waals surface area contributed by atoms with E-state index in [2.05, 4.69) is 16.4 Å². The van der Waals surface area contributed by atoms with E-state index in [0.717, 1.165) is 5.56 Å². The molecule has 0 saturated heterocycles. The number of carbonyl (C=O) groups is 1. The Morgan fingerprint density at radius 1 is 1.21 bits per heavy atom. The van der Waals surface area contributed by atoms with Crippen molar-refractivity contribution in [3.8, 4) is 6.07 Å². The van der Waals surface area contributed by atoms with Gasteiger partial charge in [0.15, 0.2) is 0 Å². The largest absolute Gasteiger partial charge is 0.392 e. The van der Waals surface area contributed by atoms with E-state index in [4.69, 9.17) is 28.9 Å². The number of nitriles is 1. The molecular weight excluding hydrogens is 405 g/mol. The number of aromatic amines is 2. The number of benzene rings is 1. The molecule has 1 aliphatic rings. The highest BCUT2D eigenvalue weighted by Gasteiger charge is 2.38. The summed E-state index contributed by atoms with van der Waals surface area (Å²) in [7, 11) is 0. The first-order valence-electron chi connectivity index (χ1n) is 8.55. The average molecular weight is 422 g/mol. The van der Waals surface area contributed by atoms with Crippen LogP contribution in [0.5, 0.6) is 0 Å². The number of amides is 1. The predicted octanol–water partition coefficient (Wildman–Crippen LogP) is 2.09. The second-order valence-corrected chi connectivity index (χ2v) is 7.58. The van der Waals surface area contributed by atoms with Crippen LogP contribution in [-0.2, 0) is 5.41 Å². The van der Waals surface area contributed by atoms with Crippen LogP contribution in [0.25, 0.3) is 0 Å². The van der Waals surface area contributed by atoms with E-state index in [1.54, 1.807) is 18.2 Å². The van der Waals surface area contributed by atoms with Gasteiger partial charge in [0.1, 0.15) is 11.4 Å². The average Bonchev–Trinajstić information content (AvgIpc) is 2.67. The highest BCUT2D eigenvalue weighted by Crippen LogP contribution is 2.40. The molecule has 0 atom stereocenters. The summed E-state index contributed by atoms with van der Waals surface area (Å²) in [5, 5.41) is 13.4. The summed E-state index contributed by atoms with van der Waals surface area (Å²) in [5.41, 5.74) is 3.41. The number of nitrogen functional groups attached to an aromatic ring is 1. The minimum atomic E-state index is -0.819. The minimum Gasteiger partial charge on any atom is -0.392 e. The van der Waals surface area contributed by atoms with Gasteiger partial charge >= 0.3 is 5.69 Å². The molecule has 1 aromatic heterocycles. The molecule has 1 amide bonds. The fourth-order valence-corrected chi connectivity index (χ4v) is 3.74. The van der Waals surface area contributed by atoms with E-state index in [0.29, 0.717) is 35.7 Å². The molecule has 1 aromatic carbocycles. The van der Waals surface area contributed by atoms with Crippen molar-refractivity contribution in [1.29, 1.82) is 5.26 Å². The summed E-state index contributed by atoms with van der Waals surface area (Å²) in [6.45, 7) is 0. The zero-order valence-electron chi connectivity index (χ0n) is 14.6. The van der Waals surface area contributed by atoms with Crippen molar-refractivity contribution >= 4 is 34.8 Å². The first kappa shape index (κ1) is 20.0. The van der Waals surface area contributed by atoms with E-state index >= 15 is 0 Å². The van der Waals surface area contributed by atoms with Gasteiger partial charge in [0.2, 0.25) is 0 Å². The molecule has 8 nitrogen and oxygen atoms in total. The lowest BCUT2D eigenvalue weighted by molar-refractivity contribution is 0.0917. The van der Waals surface area contributed by atoms with Crippen molar-refractivity contribution in [1.82, 2.24) is 15.3 Å². The second kappa shape index (κ2) is 7.70. The lowest BCUT2D eigenvalue weighted by Gasteiger charge is -2.35. The topological polar surface area (TPSA) is 145 Å². The van der Waals surface area contributed by atoms with Gasteiger partial charge in [0.25, 0.3) is 11.5 Å². The number of halogens is 2. The van der Waals surface area contributed by atoms with Crippen LogP contribution < -0.4 is 22.3 Å². The Morgan fingerprint density at radius 3 is 2.50 bits per heavy atom. The van der Waals surface area contributed by atoms with Crippen LogP contribution in [-0.4, -0.2) is 21.9 Å². The number of rotatable bonds is 3. The van der Waals surface area contributed by atoms with Gasteiger partial charge in [-0.05, 0) is 43.4 Å². The first-order chi connectivity index (χ1) is 13.3. The molecular formula is C18H17Cl2N5O3. The molecule has 146 valence electrons. The second-order valence-electron chi connectivity index (χ2n) is 6.77. The maximum atomic E-state index is 12.4. The Balaban J connectivity index is 1.74. The zero-order valence-corrected chi connectivity index (χ0v) is 16.2. The molecule has 2 aromatic rings. The fraction of sp³-hybridized carbons (Fsp3) is 0.333. The quantitative estimate of drug-likeness (QED) is 0.599. The number of hydrogen-bond acceptors (Lipinski definition) is 5. The van der Waals surface area contributed by atoms with Gasteiger partial charge < -0.3 is 16.0 Å². The number of H-pyrrole nitrogens is 2. The van der Waals surface area contributed by atoms with Gasteiger partial charge in [0.05, 0.1) is 21.5 Å². The van der Waals surface area contributed by atoms with Crippen LogP contribution >= 0.6 is 23.2 Å². The third-order valence-electron chi connectivity index (χ3n) is 5.07. The summed E-state index contributed by atoms with van der Waals surface area (Å²) in [5.74, 6) is -0.635. The van der Waals surface area contributed by atoms with Crippen LogP contribution in [0.4, 0.5) is 5.69 Å². The van der Waals surface area contributed by atoms with Gasteiger partial charge in [-0.3, -0.25) is 14.6 Å². The van der Waals surface area contributed by atoms with Crippen LogP contribution in [0, 0.1) is 11.3 Å². The molecule has 10 heteroatoms. The highest BCUT2D eigenvalue weighted by molar-refractivity contribution is 6.42. The lowest BCUT2D eigenvalue weighted by atomic mass is 9.69. The standard InChI is InChI=1S/C18H17Cl2N5O3/c19-11-2-1-9(7-12(11)20)18(8-21)5-3-10(4-6-18)23-16(27)14-13(22)15(26)25-17(28)24-14/h1-2,7,10H,3-6,22H2,(H,23,27)(H2,24,25,26,28). The highest BCUT2D eigenvalue weighted by atomic mass is 35.5. The van der Waals surface area contributed by atoms with Crippen molar-refractivity contribution in [3.63, 3.8) is 0 Å². The van der Waals surface area contributed by atoms with E-state index in [1.807, 2.05) is 4.98 Å². The van der Waals surface area contributed by atoms with Gasteiger partial charge in [-0.1, -0.05) is 29.3 Å². The molecule has 28 heavy (non-hydrogen) atoms. The third-order valence-corrected chi connectivity index (χ3v) is 5.81. The Kier molecular flexibility index (Phi) is 5.49. The van der Waals surface area contributed by atoms with Crippen LogP contribution in [0.1, 0.15) is 41.7 Å². The normalized spacial score (nSPS) is 21.7. The molecule has 0 unspecified atom stereocenters. The van der Waals surface area contributed by atoms with Gasteiger partial charge in [-0.25, -0.2) is 4.79 Å². The Bertz CT molecular complexity index is 1080. The number of carbonyl (C=O) groups excluding carboxylic acids is 1. The van der Waals surface area contributed by atoms with Crippen molar-refractivity contribution in [2.24, 2.45) is 0 Å². The smallest absolute Gasteiger partial charge is 0.326 e. The van der Waals surface area contributed by atoms with Crippen LogP contribution in [0.2, 0.25) is 10.0 Å². The molecule has 0 spiro atoms. The van der Waals surface area contributed by atoms with Gasteiger partial charge in [-0.15, -0.1) is 0 Å². The third kappa shape index (κ3) is 3.77. The summed E-state index contributed by atoms with van der Waals surface area (Å²) in [6.07, 6.45) is 2.08. The Morgan fingerprint density at radius 2 is 1.89 bits per heavy atom.